The number of nitrogens with zero attached hydrogens (tertiary/aromatic N) is 1. The summed E-state index contributed by atoms with van der Waals surface area (Å²) in [6.45, 7) is 0. The Labute approximate surface area is 166 Å². The second kappa shape index (κ2) is 7.98. The number of hydrogen-bond donors (Lipinski definition) is 1. The van der Waals surface area contributed by atoms with E-state index in [2.05, 4.69) is 10.3 Å². The van der Waals surface area contributed by atoms with E-state index >= 15 is 0 Å². The van der Waals surface area contributed by atoms with Crippen molar-refractivity contribution in [1.82, 2.24) is 4.98 Å². The molecule has 0 aliphatic carbocycles. The number of amides is 1. The van der Waals surface area contributed by atoms with Crippen molar-refractivity contribution in [3.8, 4) is 17.2 Å². The summed E-state index contributed by atoms with van der Waals surface area (Å²) in [7, 11) is 1.61. The van der Waals surface area contributed by atoms with Gasteiger partial charge in [-0.2, -0.15) is 0 Å². The lowest BCUT2D eigenvalue weighted by Gasteiger charge is -2.01. The molecule has 144 valence electrons. The van der Waals surface area contributed by atoms with Crippen LogP contribution in [0, 0.1) is 5.82 Å². The van der Waals surface area contributed by atoms with Crippen molar-refractivity contribution in [3.05, 3.63) is 84.2 Å². The van der Waals surface area contributed by atoms with Gasteiger partial charge in [0.05, 0.1) is 7.11 Å². The molecule has 0 saturated heterocycles. The zero-order chi connectivity index (χ0) is 20.2. The van der Waals surface area contributed by atoms with Gasteiger partial charge in [0.25, 0.3) is 0 Å². The molecule has 0 saturated carbocycles. The van der Waals surface area contributed by atoms with E-state index in [1.165, 1.54) is 18.2 Å². The van der Waals surface area contributed by atoms with Crippen molar-refractivity contribution in [1.29, 1.82) is 0 Å². The highest BCUT2D eigenvalue weighted by atomic mass is 19.1. The number of fused-ring (bicyclic) bond motifs is 1. The zero-order valence-corrected chi connectivity index (χ0v) is 15.6. The van der Waals surface area contributed by atoms with Crippen LogP contribution in [0.1, 0.15) is 5.56 Å². The summed E-state index contributed by atoms with van der Waals surface area (Å²) in [4.78, 5) is 16.6. The summed E-state index contributed by atoms with van der Waals surface area (Å²) in [5, 5.41) is 2.78. The van der Waals surface area contributed by atoms with Crippen molar-refractivity contribution in [2.24, 2.45) is 0 Å². The van der Waals surface area contributed by atoms with Crippen LogP contribution in [-0.4, -0.2) is 18.0 Å². The Morgan fingerprint density at radius 3 is 2.55 bits per heavy atom. The van der Waals surface area contributed by atoms with Gasteiger partial charge < -0.3 is 14.5 Å². The molecular weight excluding hydrogens is 371 g/mol. The maximum absolute atomic E-state index is 12.9. The number of rotatable bonds is 5. The number of ether oxygens (including phenoxy) is 1. The van der Waals surface area contributed by atoms with Gasteiger partial charge in [0.15, 0.2) is 5.58 Å². The lowest BCUT2D eigenvalue weighted by molar-refractivity contribution is -0.111. The second-order valence-corrected chi connectivity index (χ2v) is 6.30. The average molecular weight is 388 g/mol. The molecule has 3 aromatic carbocycles. The molecule has 0 radical (unpaired) electrons. The van der Waals surface area contributed by atoms with E-state index in [1.54, 1.807) is 43.5 Å². The number of anilines is 1. The second-order valence-electron chi connectivity index (χ2n) is 6.30. The molecule has 1 aromatic heterocycles. The number of nitrogens with one attached hydrogen (secondary N) is 1. The number of benzene rings is 3. The molecule has 5 nitrogen and oxygen atoms in total. The van der Waals surface area contributed by atoms with Gasteiger partial charge in [0.2, 0.25) is 11.8 Å². The van der Waals surface area contributed by atoms with Gasteiger partial charge in [-0.25, -0.2) is 9.37 Å². The topological polar surface area (TPSA) is 64.4 Å². The minimum Gasteiger partial charge on any atom is -0.497 e. The number of carbonyl (C=O) groups is 1. The third-order valence-corrected chi connectivity index (χ3v) is 4.29. The predicted molar refractivity (Wildman–Crippen MR) is 110 cm³/mol. The Balaban J connectivity index is 1.49. The van der Waals surface area contributed by atoms with Crippen molar-refractivity contribution in [3.63, 3.8) is 0 Å². The number of halogens is 1. The highest BCUT2D eigenvalue weighted by molar-refractivity contribution is 6.02. The van der Waals surface area contributed by atoms with Crippen LogP contribution in [0.4, 0.5) is 10.1 Å². The fourth-order valence-electron chi connectivity index (χ4n) is 2.79. The van der Waals surface area contributed by atoms with Crippen LogP contribution in [0.15, 0.2) is 77.2 Å². The van der Waals surface area contributed by atoms with Crippen LogP contribution in [-0.2, 0) is 4.79 Å². The van der Waals surface area contributed by atoms with E-state index in [0.29, 0.717) is 22.7 Å². The Bertz CT molecular complexity index is 1180. The summed E-state index contributed by atoms with van der Waals surface area (Å²) in [6.07, 6.45) is 3.00. The molecule has 0 aliphatic rings. The molecule has 0 unspecified atom stereocenters. The zero-order valence-electron chi connectivity index (χ0n) is 15.6. The fraction of sp³-hybridized carbons (Fsp3) is 0.0435. The maximum atomic E-state index is 12.9. The summed E-state index contributed by atoms with van der Waals surface area (Å²) in [5.41, 5.74) is 3.40. The number of aromatic nitrogens is 1. The molecule has 4 rings (SSSR count). The third-order valence-electron chi connectivity index (χ3n) is 4.29. The van der Waals surface area contributed by atoms with Crippen LogP contribution >= 0.6 is 0 Å². The maximum Gasteiger partial charge on any atom is 0.248 e. The van der Waals surface area contributed by atoms with Gasteiger partial charge in [0, 0.05) is 23.4 Å². The number of carbonyl (C=O) groups excluding carboxylic acids is 1. The minimum atomic E-state index is -0.319. The van der Waals surface area contributed by atoms with Crippen LogP contribution in [0.3, 0.4) is 0 Å². The summed E-state index contributed by atoms with van der Waals surface area (Å²) in [5.74, 6) is 0.621. The largest absolute Gasteiger partial charge is 0.497 e. The SMILES string of the molecule is COc1ccc(-c2nc3ccc(NC(=O)/C=C/c4ccc(F)cc4)cc3o2)cc1. The molecule has 1 amide bonds. The first kappa shape index (κ1) is 18.4. The highest BCUT2D eigenvalue weighted by Gasteiger charge is 2.10. The molecule has 0 atom stereocenters. The average Bonchev–Trinajstić information content (AvgIpc) is 3.17. The normalized spacial score (nSPS) is 11.1. The number of hydrogen-bond acceptors (Lipinski definition) is 4. The lowest BCUT2D eigenvalue weighted by Crippen LogP contribution is -2.07. The lowest BCUT2D eigenvalue weighted by atomic mass is 10.2. The van der Waals surface area contributed by atoms with Gasteiger partial charge in [-0.15, -0.1) is 0 Å². The summed E-state index contributed by atoms with van der Waals surface area (Å²) >= 11 is 0. The Kier molecular flexibility index (Phi) is 5.07. The predicted octanol–water partition coefficient (Wildman–Crippen LogP) is 5.29. The minimum absolute atomic E-state index is 0.302. The highest BCUT2D eigenvalue weighted by Crippen LogP contribution is 2.27. The van der Waals surface area contributed by atoms with Crippen molar-refractivity contribution < 1.29 is 18.3 Å². The molecule has 0 spiro atoms. The van der Waals surface area contributed by atoms with Gasteiger partial charge >= 0.3 is 0 Å². The van der Waals surface area contributed by atoms with E-state index in [0.717, 1.165) is 16.9 Å². The standard InChI is InChI=1S/C23H17FN2O3/c1-28-19-10-5-16(6-11-19)23-26-20-12-9-18(14-21(20)29-23)25-22(27)13-4-15-2-7-17(24)8-3-15/h2-14H,1H3,(H,25,27)/b13-4+. The first-order valence-corrected chi connectivity index (χ1v) is 8.90. The summed E-state index contributed by atoms with van der Waals surface area (Å²) < 4.78 is 23.9. The Morgan fingerprint density at radius 2 is 1.83 bits per heavy atom. The summed E-state index contributed by atoms with van der Waals surface area (Å²) in [6, 6.07) is 18.6. The molecule has 4 aromatic rings. The van der Waals surface area contributed by atoms with E-state index in [-0.39, 0.29) is 11.7 Å². The third kappa shape index (κ3) is 4.32. The van der Waals surface area contributed by atoms with Gasteiger partial charge in [-0.05, 0) is 60.2 Å². The van der Waals surface area contributed by atoms with E-state index in [9.17, 15) is 9.18 Å². The van der Waals surface area contributed by atoms with E-state index in [1.807, 2.05) is 24.3 Å². The van der Waals surface area contributed by atoms with Crippen LogP contribution < -0.4 is 10.1 Å². The van der Waals surface area contributed by atoms with Crippen molar-refractivity contribution in [2.75, 3.05) is 12.4 Å². The van der Waals surface area contributed by atoms with Crippen LogP contribution in [0.2, 0.25) is 0 Å². The monoisotopic (exact) mass is 388 g/mol. The molecule has 1 heterocycles. The number of methoxy groups -OCH3 is 1. The first-order valence-electron chi connectivity index (χ1n) is 8.90. The Hall–Kier alpha value is -3.93. The molecule has 0 fully saturated rings. The molecular formula is C23H17FN2O3. The molecule has 1 N–H and O–H groups in total. The molecule has 0 bridgehead atoms. The smallest absolute Gasteiger partial charge is 0.248 e. The molecule has 0 aliphatic heterocycles. The van der Waals surface area contributed by atoms with Crippen molar-refractivity contribution in [2.45, 2.75) is 0 Å². The fourth-order valence-corrected chi connectivity index (χ4v) is 2.79. The molecule has 6 heteroatoms. The van der Waals surface area contributed by atoms with Crippen LogP contribution in [0.5, 0.6) is 5.75 Å². The number of oxazole rings is 1. The van der Waals surface area contributed by atoms with Gasteiger partial charge in [-0.1, -0.05) is 12.1 Å². The molecule has 29 heavy (non-hydrogen) atoms. The Morgan fingerprint density at radius 1 is 1.07 bits per heavy atom. The quantitative estimate of drug-likeness (QED) is 0.472. The van der Waals surface area contributed by atoms with Crippen LogP contribution in [0.25, 0.3) is 28.6 Å². The van der Waals surface area contributed by atoms with E-state index in [4.69, 9.17) is 9.15 Å². The van der Waals surface area contributed by atoms with E-state index < -0.39 is 0 Å². The van der Waals surface area contributed by atoms with Crippen molar-refractivity contribution >= 4 is 28.8 Å². The van der Waals surface area contributed by atoms with Gasteiger partial charge in [-0.3, -0.25) is 4.79 Å². The van der Waals surface area contributed by atoms with Gasteiger partial charge in [0.1, 0.15) is 17.1 Å². The first-order chi connectivity index (χ1) is 14.1.